The van der Waals surface area contributed by atoms with E-state index in [1.54, 1.807) is 31.2 Å². The van der Waals surface area contributed by atoms with Crippen molar-refractivity contribution in [3.8, 4) is 11.5 Å². The minimum atomic E-state index is -1.15. The molecule has 0 unspecified atom stereocenters. The predicted octanol–water partition coefficient (Wildman–Crippen LogP) is 2.49. The summed E-state index contributed by atoms with van der Waals surface area (Å²) >= 11 is 0. The van der Waals surface area contributed by atoms with E-state index in [1.807, 2.05) is 0 Å². The van der Waals surface area contributed by atoms with Crippen LogP contribution in [0.25, 0.3) is 0 Å². The second kappa shape index (κ2) is 7.59. The van der Waals surface area contributed by atoms with Crippen LogP contribution in [0.1, 0.15) is 45.7 Å². The largest absolute Gasteiger partial charge is 0.493 e. The highest BCUT2D eigenvalue weighted by Crippen LogP contribution is 2.38. The van der Waals surface area contributed by atoms with Crippen molar-refractivity contribution in [2.75, 3.05) is 19.5 Å². The molecule has 1 aliphatic heterocycles. The number of aliphatic carboxylic acids is 1. The number of hydrogen-bond donors (Lipinski definition) is 2. The van der Waals surface area contributed by atoms with Gasteiger partial charge in [0.05, 0.1) is 37.3 Å². The monoisotopic (exact) mass is 384 g/mol. The number of amides is 2. The molecule has 0 fully saturated rings. The number of carbonyl (C=O) groups is 3. The molecule has 2 aromatic carbocycles. The zero-order valence-electron chi connectivity index (χ0n) is 15.5. The lowest BCUT2D eigenvalue weighted by Gasteiger charge is -2.26. The molecule has 8 heteroatoms. The standard InChI is InChI=1S/C20H20N2O6/c1-3-28-16-9-11(7-8-15(16)27-2)14(10-17(23)24)22-19(25)12-5-4-6-13(21)18(12)20(22)26/h4-9,14H,3,10,21H2,1-2H3,(H,23,24)/t14-/m1/s1. The highest BCUT2D eigenvalue weighted by atomic mass is 16.5. The molecule has 1 heterocycles. The van der Waals surface area contributed by atoms with Crippen LogP contribution < -0.4 is 15.2 Å². The van der Waals surface area contributed by atoms with Gasteiger partial charge in [-0.25, -0.2) is 0 Å². The van der Waals surface area contributed by atoms with Gasteiger partial charge in [0, 0.05) is 5.69 Å². The van der Waals surface area contributed by atoms with E-state index in [4.69, 9.17) is 15.2 Å². The van der Waals surface area contributed by atoms with E-state index in [9.17, 15) is 19.5 Å². The molecule has 2 aromatic rings. The van der Waals surface area contributed by atoms with E-state index in [0.717, 1.165) is 4.90 Å². The first-order valence-corrected chi connectivity index (χ1v) is 8.67. The first-order valence-electron chi connectivity index (χ1n) is 8.67. The van der Waals surface area contributed by atoms with Gasteiger partial charge in [0.15, 0.2) is 11.5 Å². The number of carboxylic acids is 1. The molecule has 0 aliphatic carbocycles. The van der Waals surface area contributed by atoms with E-state index in [2.05, 4.69) is 0 Å². The highest BCUT2D eigenvalue weighted by molar-refractivity contribution is 6.23. The first-order chi connectivity index (χ1) is 13.4. The molecule has 2 amide bonds. The Kier molecular flexibility index (Phi) is 5.21. The maximum atomic E-state index is 12.9. The second-order valence-electron chi connectivity index (χ2n) is 6.21. The molecule has 3 rings (SSSR count). The quantitative estimate of drug-likeness (QED) is 0.556. The minimum Gasteiger partial charge on any atom is -0.493 e. The Hall–Kier alpha value is -3.55. The van der Waals surface area contributed by atoms with Gasteiger partial charge in [0.25, 0.3) is 11.8 Å². The SMILES string of the molecule is CCOc1cc([C@@H](CC(=O)O)N2C(=O)c3cccc(N)c3C2=O)ccc1OC. The van der Waals surface area contributed by atoms with Gasteiger partial charge in [0.1, 0.15) is 0 Å². The summed E-state index contributed by atoms with van der Waals surface area (Å²) in [6.45, 7) is 2.17. The van der Waals surface area contributed by atoms with Gasteiger partial charge < -0.3 is 20.3 Å². The maximum Gasteiger partial charge on any atom is 0.305 e. The predicted molar refractivity (Wildman–Crippen MR) is 101 cm³/mol. The van der Waals surface area contributed by atoms with Gasteiger partial charge in [-0.2, -0.15) is 0 Å². The van der Waals surface area contributed by atoms with Crippen molar-refractivity contribution in [3.63, 3.8) is 0 Å². The van der Waals surface area contributed by atoms with Crippen LogP contribution in [-0.2, 0) is 4.79 Å². The van der Waals surface area contributed by atoms with Crippen LogP contribution >= 0.6 is 0 Å². The number of fused-ring (bicyclic) bond motifs is 1. The van der Waals surface area contributed by atoms with Crippen LogP contribution in [0.2, 0.25) is 0 Å². The van der Waals surface area contributed by atoms with E-state index in [1.165, 1.54) is 19.2 Å². The summed E-state index contributed by atoms with van der Waals surface area (Å²) in [5.41, 5.74) is 6.76. The van der Waals surface area contributed by atoms with Crippen molar-refractivity contribution in [3.05, 3.63) is 53.1 Å². The fourth-order valence-corrected chi connectivity index (χ4v) is 3.31. The van der Waals surface area contributed by atoms with Crippen molar-refractivity contribution < 1.29 is 29.0 Å². The number of carbonyl (C=O) groups excluding carboxylic acids is 2. The molecule has 3 N–H and O–H groups in total. The Morgan fingerprint density at radius 3 is 2.54 bits per heavy atom. The number of methoxy groups -OCH3 is 1. The highest BCUT2D eigenvalue weighted by Gasteiger charge is 2.42. The van der Waals surface area contributed by atoms with Crippen LogP contribution in [0.4, 0.5) is 5.69 Å². The smallest absolute Gasteiger partial charge is 0.305 e. The van der Waals surface area contributed by atoms with Crippen LogP contribution in [-0.4, -0.2) is 41.5 Å². The number of nitrogens with zero attached hydrogens (tertiary/aromatic N) is 1. The van der Waals surface area contributed by atoms with E-state index in [-0.39, 0.29) is 16.8 Å². The third-order valence-corrected chi connectivity index (χ3v) is 4.53. The Morgan fingerprint density at radius 1 is 1.18 bits per heavy atom. The van der Waals surface area contributed by atoms with Crippen molar-refractivity contribution in [2.45, 2.75) is 19.4 Å². The molecule has 1 atom stereocenters. The topological polar surface area (TPSA) is 119 Å². The maximum absolute atomic E-state index is 12.9. The summed E-state index contributed by atoms with van der Waals surface area (Å²) in [5.74, 6) is -1.48. The molecule has 28 heavy (non-hydrogen) atoms. The summed E-state index contributed by atoms with van der Waals surface area (Å²) in [6, 6.07) is 8.40. The number of imide groups is 1. The van der Waals surface area contributed by atoms with Gasteiger partial charge >= 0.3 is 5.97 Å². The summed E-state index contributed by atoms with van der Waals surface area (Å²) in [7, 11) is 1.49. The van der Waals surface area contributed by atoms with Crippen molar-refractivity contribution >= 4 is 23.5 Å². The van der Waals surface area contributed by atoms with Gasteiger partial charge in [-0.3, -0.25) is 19.3 Å². The molecule has 1 aliphatic rings. The Labute approximate surface area is 161 Å². The first kappa shape index (κ1) is 19.2. The van der Waals surface area contributed by atoms with Gasteiger partial charge in [0.2, 0.25) is 0 Å². The summed E-state index contributed by atoms with van der Waals surface area (Å²) in [4.78, 5) is 38.3. The summed E-state index contributed by atoms with van der Waals surface area (Å²) < 4.78 is 10.8. The zero-order chi connectivity index (χ0) is 20.4. The van der Waals surface area contributed by atoms with E-state index < -0.39 is 30.2 Å². The number of anilines is 1. The van der Waals surface area contributed by atoms with Crippen LogP contribution in [0, 0.1) is 0 Å². The third kappa shape index (κ3) is 3.24. The Balaban J connectivity index is 2.09. The number of benzene rings is 2. The lowest BCUT2D eigenvalue weighted by atomic mass is 10.0. The molecule has 8 nitrogen and oxygen atoms in total. The average Bonchev–Trinajstić information content (AvgIpc) is 2.91. The summed E-state index contributed by atoms with van der Waals surface area (Å²) in [6.07, 6.45) is -0.455. The number of carboxylic acid groups (broad SMARTS) is 1. The normalized spacial score (nSPS) is 14.0. The number of nitrogens with two attached hydrogens (primary N) is 1. The molecule has 0 aromatic heterocycles. The lowest BCUT2D eigenvalue weighted by molar-refractivity contribution is -0.138. The molecule has 146 valence electrons. The van der Waals surface area contributed by atoms with Crippen LogP contribution in [0.15, 0.2) is 36.4 Å². The Bertz CT molecular complexity index is 956. The average molecular weight is 384 g/mol. The van der Waals surface area contributed by atoms with Crippen molar-refractivity contribution in [1.82, 2.24) is 4.90 Å². The van der Waals surface area contributed by atoms with Gasteiger partial charge in [-0.1, -0.05) is 12.1 Å². The molecule has 0 bridgehead atoms. The van der Waals surface area contributed by atoms with Crippen molar-refractivity contribution in [2.24, 2.45) is 0 Å². The molecular formula is C20H20N2O6. The number of rotatable bonds is 7. The zero-order valence-corrected chi connectivity index (χ0v) is 15.5. The second-order valence-corrected chi connectivity index (χ2v) is 6.21. The lowest BCUT2D eigenvalue weighted by Crippen LogP contribution is -2.35. The minimum absolute atomic E-state index is 0.0985. The van der Waals surface area contributed by atoms with Gasteiger partial charge in [-0.15, -0.1) is 0 Å². The number of hydrogen-bond acceptors (Lipinski definition) is 6. The van der Waals surface area contributed by atoms with Gasteiger partial charge in [-0.05, 0) is 36.8 Å². The van der Waals surface area contributed by atoms with Crippen LogP contribution in [0.5, 0.6) is 11.5 Å². The molecular weight excluding hydrogens is 364 g/mol. The number of ether oxygens (including phenoxy) is 2. The van der Waals surface area contributed by atoms with E-state index >= 15 is 0 Å². The third-order valence-electron chi connectivity index (χ3n) is 4.53. The van der Waals surface area contributed by atoms with Crippen LogP contribution in [0.3, 0.4) is 0 Å². The summed E-state index contributed by atoms with van der Waals surface area (Å²) in [5, 5.41) is 9.39. The van der Waals surface area contributed by atoms with Crippen molar-refractivity contribution in [1.29, 1.82) is 0 Å². The molecule has 0 saturated heterocycles. The fourth-order valence-electron chi connectivity index (χ4n) is 3.31. The molecule has 0 radical (unpaired) electrons. The number of nitrogen functional groups attached to an aromatic ring is 1. The Morgan fingerprint density at radius 2 is 1.93 bits per heavy atom. The fraction of sp³-hybridized carbons (Fsp3) is 0.250. The molecule has 0 saturated carbocycles. The van der Waals surface area contributed by atoms with E-state index in [0.29, 0.717) is 23.7 Å². The molecule has 0 spiro atoms.